The Bertz CT molecular complexity index is 783. The number of rotatable bonds is 8. The first-order valence-corrected chi connectivity index (χ1v) is 8.75. The Morgan fingerprint density at radius 1 is 0.893 bits per heavy atom. The zero-order chi connectivity index (χ0) is 20.4. The van der Waals surface area contributed by atoms with Crippen LogP contribution in [0.15, 0.2) is 60.7 Å². The lowest BCUT2D eigenvalue weighted by molar-refractivity contribution is -0.134. The molecule has 0 saturated carbocycles. The second kappa shape index (κ2) is 10.7. The van der Waals surface area contributed by atoms with E-state index in [2.05, 4.69) is 10.6 Å². The van der Waals surface area contributed by atoms with E-state index in [1.165, 1.54) is 12.4 Å². The van der Waals surface area contributed by atoms with E-state index in [0.29, 0.717) is 0 Å². The first-order chi connectivity index (χ1) is 13.5. The maximum atomic E-state index is 12.5. The Hall–Kier alpha value is -3.39. The summed E-state index contributed by atoms with van der Waals surface area (Å²) in [5.74, 6) is -1.34. The van der Waals surface area contributed by atoms with Crippen molar-refractivity contribution in [3.05, 3.63) is 71.8 Å². The molecule has 0 aliphatic heterocycles. The van der Waals surface area contributed by atoms with Crippen molar-refractivity contribution in [2.75, 3.05) is 0 Å². The Balaban J connectivity index is 2.01. The highest BCUT2D eigenvalue weighted by Gasteiger charge is 2.25. The van der Waals surface area contributed by atoms with Crippen molar-refractivity contribution >= 4 is 17.9 Å². The molecule has 0 aliphatic carbocycles. The molecule has 148 valence electrons. The van der Waals surface area contributed by atoms with Gasteiger partial charge in [-0.25, -0.2) is 10.3 Å². The number of hydroxylamine groups is 1. The van der Waals surface area contributed by atoms with Crippen molar-refractivity contribution in [2.24, 2.45) is 0 Å². The van der Waals surface area contributed by atoms with Crippen molar-refractivity contribution in [1.82, 2.24) is 16.1 Å². The average Bonchev–Trinajstić information content (AvgIpc) is 2.72. The molecule has 0 aliphatic rings. The first-order valence-electron chi connectivity index (χ1n) is 8.75. The molecule has 8 heteroatoms. The molecular formula is C20H23N3O5. The number of benzene rings is 2. The van der Waals surface area contributed by atoms with E-state index in [1.807, 2.05) is 60.7 Å². The first kappa shape index (κ1) is 20.9. The second-order valence-electron chi connectivity index (χ2n) is 6.15. The van der Waals surface area contributed by atoms with E-state index < -0.39 is 30.0 Å². The molecule has 0 saturated heterocycles. The molecule has 2 aromatic rings. The summed E-state index contributed by atoms with van der Waals surface area (Å²) in [6, 6.07) is 16.3. The summed E-state index contributed by atoms with van der Waals surface area (Å²) in [4.78, 5) is 36.1. The molecule has 0 radical (unpaired) electrons. The molecule has 0 spiro atoms. The van der Waals surface area contributed by atoms with Crippen LogP contribution in [0.4, 0.5) is 4.79 Å². The van der Waals surface area contributed by atoms with E-state index in [1.54, 1.807) is 0 Å². The summed E-state index contributed by atoms with van der Waals surface area (Å²) in [6.45, 7) is 1.48. The molecule has 0 aromatic heterocycles. The number of carbonyl (C=O) groups excluding carboxylic acids is 3. The smallest absolute Gasteiger partial charge is 0.408 e. The monoisotopic (exact) mass is 385 g/mol. The number of nitrogens with one attached hydrogen (secondary N) is 3. The fourth-order valence-corrected chi connectivity index (χ4v) is 2.44. The predicted molar refractivity (Wildman–Crippen MR) is 101 cm³/mol. The van der Waals surface area contributed by atoms with Crippen LogP contribution in [-0.4, -0.2) is 35.2 Å². The predicted octanol–water partition coefficient (Wildman–Crippen LogP) is 1.53. The SMILES string of the molecule is C[C@H](NC(=O)[C@H](Cc1ccccc1)NC(=O)OCc1ccccc1)C(=O)NO. The minimum atomic E-state index is -0.974. The molecule has 0 unspecified atom stereocenters. The van der Waals surface area contributed by atoms with Crippen molar-refractivity contribution < 1.29 is 24.3 Å². The van der Waals surface area contributed by atoms with Crippen LogP contribution >= 0.6 is 0 Å². The van der Waals surface area contributed by atoms with Crippen LogP contribution in [0, 0.1) is 0 Å². The Kier molecular flexibility index (Phi) is 7.98. The van der Waals surface area contributed by atoms with Crippen molar-refractivity contribution in [3.8, 4) is 0 Å². The molecule has 2 aromatic carbocycles. The van der Waals surface area contributed by atoms with Gasteiger partial charge in [0.25, 0.3) is 5.91 Å². The van der Waals surface area contributed by atoms with E-state index in [0.717, 1.165) is 11.1 Å². The van der Waals surface area contributed by atoms with Crippen LogP contribution in [-0.2, 0) is 27.4 Å². The van der Waals surface area contributed by atoms with Crippen LogP contribution < -0.4 is 16.1 Å². The van der Waals surface area contributed by atoms with E-state index in [-0.39, 0.29) is 13.0 Å². The molecule has 3 amide bonds. The molecule has 0 heterocycles. The van der Waals surface area contributed by atoms with Gasteiger partial charge in [0, 0.05) is 6.42 Å². The van der Waals surface area contributed by atoms with Gasteiger partial charge in [-0.3, -0.25) is 14.8 Å². The molecule has 2 rings (SSSR count). The summed E-state index contributed by atoms with van der Waals surface area (Å²) >= 11 is 0. The zero-order valence-electron chi connectivity index (χ0n) is 15.4. The van der Waals surface area contributed by atoms with Gasteiger partial charge in [0.05, 0.1) is 0 Å². The molecule has 4 N–H and O–H groups in total. The van der Waals surface area contributed by atoms with Gasteiger partial charge in [0.1, 0.15) is 18.7 Å². The minimum absolute atomic E-state index is 0.0651. The van der Waals surface area contributed by atoms with Gasteiger partial charge in [-0.15, -0.1) is 0 Å². The number of amides is 3. The highest BCUT2D eigenvalue weighted by molar-refractivity contribution is 5.90. The van der Waals surface area contributed by atoms with Gasteiger partial charge < -0.3 is 15.4 Å². The van der Waals surface area contributed by atoms with Gasteiger partial charge >= 0.3 is 6.09 Å². The standard InChI is InChI=1S/C20H23N3O5/c1-14(18(24)23-27)21-19(25)17(12-15-8-4-2-5-9-15)22-20(26)28-13-16-10-6-3-7-11-16/h2-11,14,17,27H,12-13H2,1H3,(H,21,25)(H,22,26)(H,23,24)/t14-,17-/m0/s1. The third-order valence-corrected chi connectivity index (χ3v) is 3.97. The summed E-state index contributed by atoms with van der Waals surface area (Å²) in [5, 5.41) is 13.7. The molecule has 2 atom stereocenters. The lowest BCUT2D eigenvalue weighted by Gasteiger charge is -2.20. The lowest BCUT2D eigenvalue weighted by Crippen LogP contribution is -2.53. The third kappa shape index (κ3) is 6.73. The topological polar surface area (TPSA) is 117 Å². The van der Waals surface area contributed by atoms with Crippen molar-refractivity contribution in [3.63, 3.8) is 0 Å². The van der Waals surface area contributed by atoms with Gasteiger partial charge in [0.15, 0.2) is 0 Å². The number of hydrogen-bond acceptors (Lipinski definition) is 5. The molecule has 0 bridgehead atoms. The third-order valence-electron chi connectivity index (χ3n) is 3.97. The zero-order valence-corrected chi connectivity index (χ0v) is 15.4. The maximum absolute atomic E-state index is 12.5. The average molecular weight is 385 g/mol. The fourth-order valence-electron chi connectivity index (χ4n) is 2.44. The molecule has 8 nitrogen and oxygen atoms in total. The number of alkyl carbamates (subject to hydrolysis) is 1. The van der Waals surface area contributed by atoms with Crippen molar-refractivity contribution in [1.29, 1.82) is 0 Å². The van der Waals surface area contributed by atoms with Crippen molar-refractivity contribution in [2.45, 2.75) is 32.0 Å². The van der Waals surface area contributed by atoms with E-state index >= 15 is 0 Å². The molecule has 28 heavy (non-hydrogen) atoms. The van der Waals surface area contributed by atoms with Gasteiger partial charge in [-0.2, -0.15) is 0 Å². The fraction of sp³-hybridized carbons (Fsp3) is 0.250. The van der Waals surface area contributed by atoms with E-state index in [9.17, 15) is 14.4 Å². The van der Waals surface area contributed by atoms with Crippen LogP contribution in [0.25, 0.3) is 0 Å². The number of carbonyl (C=O) groups is 3. The Labute approximate surface area is 162 Å². The van der Waals surface area contributed by atoms with E-state index in [4.69, 9.17) is 9.94 Å². The normalized spacial score (nSPS) is 12.4. The highest BCUT2D eigenvalue weighted by atomic mass is 16.5. The van der Waals surface area contributed by atoms with Gasteiger partial charge in [0.2, 0.25) is 5.91 Å². The summed E-state index contributed by atoms with van der Waals surface area (Å²) in [6.07, 6.45) is -0.542. The largest absolute Gasteiger partial charge is 0.445 e. The maximum Gasteiger partial charge on any atom is 0.408 e. The van der Waals surface area contributed by atoms with Crippen LogP contribution in [0.5, 0.6) is 0 Å². The number of hydrogen-bond donors (Lipinski definition) is 4. The summed E-state index contributed by atoms with van der Waals surface area (Å²) in [7, 11) is 0. The van der Waals surface area contributed by atoms with Crippen LogP contribution in [0.3, 0.4) is 0 Å². The van der Waals surface area contributed by atoms with Crippen LogP contribution in [0.1, 0.15) is 18.1 Å². The Morgan fingerprint density at radius 2 is 1.46 bits per heavy atom. The number of ether oxygens (including phenoxy) is 1. The van der Waals surface area contributed by atoms with Crippen LogP contribution in [0.2, 0.25) is 0 Å². The Morgan fingerprint density at radius 3 is 2.04 bits per heavy atom. The minimum Gasteiger partial charge on any atom is -0.445 e. The highest BCUT2D eigenvalue weighted by Crippen LogP contribution is 2.06. The second-order valence-corrected chi connectivity index (χ2v) is 6.15. The quantitative estimate of drug-likeness (QED) is 0.406. The molecular weight excluding hydrogens is 362 g/mol. The molecule has 0 fully saturated rings. The van der Waals surface area contributed by atoms with Gasteiger partial charge in [-0.05, 0) is 18.1 Å². The summed E-state index contributed by atoms with van der Waals surface area (Å²) < 4.78 is 5.17. The van der Waals surface area contributed by atoms with Gasteiger partial charge in [-0.1, -0.05) is 60.7 Å². The lowest BCUT2D eigenvalue weighted by atomic mass is 10.1. The summed E-state index contributed by atoms with van der Waals surface area (Å²) in [5.41, 5.74) is 3.11.